The Kier molecular flexibility index (Phi) is 4.53. The standard InChI is InChI=1S/C17H20N4O2S/c1-17(2,3)15(12-7-6-10-24-12)18-14(22)11-23-16-20-19-13-8-4-5-9-21(13)16/h4-10,15H,11H2,1-3H3,(H,18,22). The first kappa shape index (κ1) is 16.4. The van der Waals surface area contributed by atoms with Gasteiger partial charge in [-0.25, -0.2) is 0 Å². The van der Waals surface area contributed by atoms with Gasteiger partial charge in [0.1, 0.15) is 0 Å². The zero-order valence-electron chi connectivity index (χ0n) is 13.9. The Morgan fingerprint density at radius 2 is 2.12 bits per heavy atom. The number of rotatable bonds is 5. The zero-order valence-corrected chi connectivity index (χ0v) is 14.7. The molecule has 3 aromatic heterocycles. The molecule has 0 aromatic carbocycles. The molecule has 1 N–H and O–H groups in total. The van der Waals surface area contributed by atoms with E-state index in [1.165, 1.54) is 0 Å². The number of nitrogens with zero attached hydrogens (tertiary/aromatic N) is 3. The van der Waals surface area contributed by atoms with Gasteiger partial charge in [0.25, 0.3) is 5.91 Å². The van der Waals surface area contributed by atoms with Crippen molar-refractivity contribution in [2.75, 3.05) is 6.61 Å². The van der Waals surface area contributed by atoms with Crippen LogP contribution in [0, 0.1) is 5.41 Å². The second kappa shape index (κ2) is 6.60. The lowest BCUT2D eigenvalue weighted by Crippen LogP contribution is -2.38. The molecule has 24 heavy (non-hydrogen) atoms. The van der Waals surface area contributed by atoms with Crippen LogP contribution >= 0.6 is 11.3 Å². The van der Waals surface area contributed by atoms with Gasteiger partial charge in [-0.1, -0.05) is 38.0 Å². The molecule has 3 rings (SSSR count). The third-order valence-electron chi connectivity index (χ3n) is 3.61. The molecule has 0 aliphatic carbocycles. The quantitative estimate of drug-likeness (QED) is 0.772. The Morgan fingerprint density at radius 3 is 2.83 bits per heavy atom. The average molecular weight is 344 g/mol. The molecule has 1 amide bonds. The number of hydrogen-bond donors (Lipinski definition) is 1. The van der Waals surface area contributed by atoms with Crippen LogP contribution in [0.3, 0.4) is 0 Å². The summed E-state index contributed by atoms with van der Waals surface area (Å²) in [6.45, 7) is 6.20. The third-order valence-corrected chi connectivity index (χ3v) is 4.55. The van der Waals surface area contributed by atoms with Crippen molar-refractivity contribution in [1.82, 2.24) is 19.9 Å². The molecule has 0 saturated heterocycles. The van der Waals surface area contributed by atoms with Crippen LogP contribution in [0.15, 0.2) is 41.9 Å². The molecule has 7 heteroatoms. The van der Waals surface area contributed by atoms with E-state index in [0.717, 1.165) is 4.88 Å². The minimum atomic E-state index is -0.184. The van der Waals surface area contributed by atoms with Crippen LogP contribution in [0.25, 0.3) is 5.65 Å². The van der Waals surface area contributed by atoms with Crippen LogP contribution < -0.4 is 10.1 Å². The largest absolute Gasteiger partial charge is 0.453 e. The number of carbonyl (C=O) groups excluding carboxylic acids is 1. The van der Waals surface area contributed by atoms with Crippen molar-refractivity contribution in [3.63, 3.8) is 0 Å². The minimum absolute atomic E-state index is 0.0660. The van der Waals surface area contributed by atoms with Crippen molar-refractivity contribution < 1.29 is 9.53 Å². The molecule has 1 unspecified atom stereocenters. The number of hydrogen-bond acceptors (Lipinski definition) is 5. The van der Waals surface area contributed by atoms with Crippen molar-refractivity contribution in [3.05, 3.63) is 46.8 Å². The molecule has 0 bridgehead atoms. The van der Waals surface area contributed by atoms with Crippen LogP contribution in [-0.4, -0.2) is 27.1 Å². The van der Waals surface area contributed by atoms with Gasteiger partial charge in [0, 0.05) is 11.1 Å². The first-order valence-electron chi connectivity index (χ1n) is 7.70. The van der Waals surface area contributed by atoms with Crippen molar-refractivity contribution >= 4 is 22.9 Å². The lowest BCUT2D eigenvalue weighted by atomic mass is 9.86. The Bertz CT molecular complexity index is 821. The van der Waals surface area contributed by atoms with E-state index in [9.17, 15) is 4.79 Å². The summed E-state index contributed by atoms with van der Waals surface area (Å²) in [5, 5.41) is 13.0. The fraction of sp³-hybridized carbons (Fsp3) is 0.353. The van der Waals surface area contributed by atoms with E-state index in [1.807, 2.05) is 35.7 Å². The Hall–Kier alpha value is -2.41. The van der Waals surface area contributed by atoms with Gasteiger partial charge in [-0.2, -0.15) is 0 Å². The van der Waals surface area contributed by atoms with Gasteiger partial charge in [-0.3, -0.25) is 9.20 Å². The number of pyridine rings is 1. The second-order valence-corrected chi connectivity index (χ2v) is 7.56. The van der Waals surface area contributed by atoms with Crippen LogP contribution in [0.4, 0.5) is 0 Å². The molecule has 0 spiro atoms. The van der Waals surface area contributed by atoms with Gasteiger partial charge in [0.05, 0.1) is 6.04 Å². The first-order chi connectivity index (χ1) is 11.4. The average Bonchev–Trinajstić information content (AvgIpc) is 3.19. The van der Waals surface area contributed by atoms with E-state index in [1.54, 1.807) is 21.9 Å². The van der Waals surface area contributed by atoms with Gasteiger partial charge in [0.2, 0.25) is 0 Å². The number of amides is 1. The van der Waals surface area contributed by atoms with Crippen LogP contribution in [-0.2, 0) is 4.79 Å². The van der Waals surface area contributed by atoms with Crippen LogP contribution in [0.1, 0.15) is 31.7 Å². The number of ether oxygens (including phenoxy) is 1. The molecule has 1 atom stereocenters. The molecule has 0 aliphatic rings. The van der Waals surface area contributed by atoms with Crippen LogP contribution in [0.2, 0.25) is 0 Å². The van der Waals surface area contributed by atoms with Gasteiger partial charge < -0.3 is 10.1 Å². The number of nitrogens with one attached hydrogen (secondary N) is 1. The minimum Gasteiger partial charge on any atom is -0.453 e. The highest BCUT2D eigenvalue weighted by molar-refractivity contribution is 7.10. The van der Waals surface area contributed by atoms with E-state index < -0.39 is 0 Å². The molecule has 6 nitrogen and oxygen atoms in total. The predicted octanol–water partition coefficient (Wildman–Crippen LogP) is 3.07. The number of aromatic nitrogens is 3. The molecular weight excluding hydrogens is 324 g/mol. The summed E-state index contributed by atoms with van der Waals surface area (Å²) >= 11 is 1.64. The maximum Gasteiger partial charge on any atom is 0.322 e. The van der Waals surface area contributed by atoms with Crippen molar-refractivity contribution in [1.29, 1.82) is 0 Å². The van der Waals surface area contributed by atoms with Gasteiger partial charge in [-0.05, 0) is 29.0 Å². The van der Waals surface area contributed by atoms with Crippen molar-refractivity contribution in [2.45, 2.75) is 26.8 Å². The summed E-state index contributed by atoms with van der Waals surface area (Å²) in [5.41, 5.74) is 0.585. The monoisotopic (exact) mass is 344 g/mol. The fourth-order valence-corrected chi connectivity index (χ4v) is 3.44. The SMILES string of the molecule is CC(C)(C)C(NC(=O)COc1nnc2ccccn12)c1cccs1. The molecule has 0 fully saturated rings. The maximum absolute atomic E-state index is 12.3. The highest BCUT2D eigenvalue weighted by Gasteiger charge is 2.28. The molecule has 126 valence electrons. The molecule has 0 saturated carbocycles. The lowest BCUT2D eigenvalue weighted by molar-refractivity contribution is -0.124. The van der Waals surface area contributed by atoms with Gasteiger partial charge in [0.15, 0.2) is 12.3 Å². The van der Waals surface area contributed by atoms with Gasteiger partial charge >= 0.3 is 6.01 Å². The topological polar surface area (TPSA) is 68.5 Å². The smallest absolute Gasteiger partial charge is 0.322 e. The molecule has 3 heterocycles. The normalized spacial score (nSPS) is 13.0. The van der Waals surface area contributed by atoms with Crippen LogP contribution in [0.5, 0.6) is 6.01 Å². The highest BCUT2D eigenvalue weighted by Crippen LogP contribution is 2.34. The van der Waals surface area contributed by atoms with E-state index in [2.05, 4.69) is 36.3 Å². The van der Waals surface area contributed by atoms with Crippen molar-refractivity contribution in [3.8, 4) is 6.01 Å². The number of fused-ring (bicyclic) bond motifs is 1. The molecule has 3 aromatic rings. The Morgan fingerprint density at radius 1 is 1.29 bits per heavy atom. The van der Waals surface area contributed by atoms with E-state index in [-0.39, 0.29) is 24.0 Å². The summed E-state index contributed by atoms with van der Waals surface area (Å²) in [5.74, 6) is -0.184. The first-order valence-corrected chi connectivity index (χ1v) is 8.58. The highest BCUT2D eigenvalue weighted by atomic mass is 32.1. The summed E-state index contributed by atoms with van der Waals surface area (Å²) in [7, 11) is 0. The molecule has 0 aliphatic heterocycles. The van der Waals surface area contributed by atoms with Crippen molar-refractivity contribution in [2.24, 2.45) is 5.41 Å². The molecular formula is C17H20N4O2S. The zero-order chi connectivity index (χ0) is 17.2. The summed E-state index contributed by atoms with van der Waals surface area (Å²) in [6, 6.07) is 9.82. The summed E-state index contributed by atoms with van der Waals surface area (Å²) in [4.78, 5) is 13.5. The fourth-order valence-electron chi connectivity index (χ4n) is 2.42. The Balaban J connectivity index is 1.66. The number of thiophene rings is 1. The Labute approximate surface area is 144 Å². The number of carbonyl (C=O) groups is 1. The second-order valence-electron chi connectivity index (χ2n) is 6.58. The summed E-state index contributed by atoms with van der Waals surface area (Å²) in [6.07, 6.45) is 1.80. The predicted molar refractivity (Wildman–Crippen MR) is 93.1 cm³/mol. The third kappa shape index (κ3) is 3.56. The van der Waals surface area contributed by atoms with E-state index in [0.29, 0.717) is 11.7 Å². The lowest BCUT2D eigenvalue weighted by Gasteiger charge is -2.30. The van der Waals surface area contributed by atoms with Gasteiger partial charge in [-0.15, -0.1) is 16.4 Å². The summed E-state index contributed by atoms with van der Waals surface area (Å²) < 4.78 is 7.23. The molecule has 0 radical (unpaired) electrons. The van der Waals surface area contributed by atoms with E-state index in [4.69, 9.17) is 4.74 Å². The maximum atomic E-state index is 12.3. The van der Waals surface area contributed by atoms with E-state index >= 15 is 0 Å².